The number of non-ortho nitro benzene ring substituents is 1. The molecule has 134 valence electrons. The lowest BCUT2D eigenvalue weighted by atomic mass is 9.69. The molecule has 0 saturated heterocycles. The molecule has 2 heterocycles. The highest BCUT2D eigenvalue weighted by Gasteiger charge is 2.42. The molecule has 2 aromatic rings. The summed E-state index contributed by atoms with van der Waals surface area (Å²) in [6.07, 6.45) is 1.26. The molecule has 1 aliphatic heterocycles. The van der Waals surface area contributed by atoms with Crippen molar-refractivity contribution in [1.29, 1.82) is 0 Å². The van der Waals surface area contributed by atoms with Crippen molar-refractivity contribution in [3.8, 4) is 0 Å². The van der Waals surface area contributed by atoms with Crippen molar-refractivity contribution in [1.82, 2.24) is 10.2 Å². The minimum absolute atomic E-state index is 0.0390. The summed E-state index contributed by atoms with van der Waals surface area (Å²) in [6.45, 7) is 6.10. The summed E-state index contributed by atoms with van der Waals surface area (Å²) >= 11 is 0. The van der Waals surface area contributed by atoms with Gasteiger partial charge in [-0.2, -0.15) is 5.10 Å². The molecule has 1 atom stereocenters. The third-order valence-corrected chi connectivity index (χ3v) is 5.20. The van der Waals surface area contributed by atoms with E-state index in [2.05, 4.69) is 29.4 Å². The van der Waals surface area contributed by atoms with E-state index in [0.717, 1.165) is 40.3 Å². The predicted octanol–water partition coefficient (Wildman–Crippen LogP) is 3.83. The molecular formula is C19H20N4O3. The Hall–Kier alpha value is -2.96. The number of fused-ring (bicyclic) bond motifs is 1. The van der Waals surface area contributed by atoms with Gasteiger partial charge in [-0.1, -0.05) is 26.0 Å². The van der Waals surface area contributed by atoms with Gasteiger partial charge in [0.05, 0.1) is 4.92 Å². The quantitative estimate of drug-likeness (QED) is 0.632. The number of allylic oxidation sites excluding steroid dienone is 2. The number of nitro groups is 1. The number of H-pyrrole nitrogens is 1. The van der Waals surface area contributed by atoms with Crippen molar-refractivity contribution in [3.05, 3.63) is 62.5 Å². The number of aryl methyl sites for hydroxylation is 1. The number of hydrogen-bond donors (Lipinski definition) is 2. The number of rotatable bonds is 2. The van der Waals surface area contributed by atoms with E-state index in [0.29, 0.717) is 6.42 Å². The second kappa shape index (κ2) is 5.52. The van der Waals surface area contributed by atoms with Crippen molar-refractivity contribution in [2.24, 2.45) is 5.41 Å². The number of Topliss-reactive ketones (excluding diaryl/α,β-unsaturated/α-hetero) is 1. The summed E-state index contributed by atoms with van der Waals surface area (Å²) in [4.78, 5) is 23.6. The fraction of sp³-hybridized carbons (Fsp3) is 0.368. The molecule has 0 saturated carbocycles. The standard InChI is InChI=1S/C19H20N4O3/c1-10-15-16(11-4-6-12(7-5-11)23(25)26)17-13(20-18(15)22-21-10)8-19(2,3)9-14(17)24/h4-7,16H,8-9H2,1-3H3,(H2,20,21,22). The van der Waals surface area contributed by atoms with Crippen molar-refractivity contribution in [2.45, 2.75) is 39.5 Å². The van der Waals surface area contributed by atoms with Crippen LogP contribution in [-0.2, 0) is 4.79 Å². The van der Waals surface area contributed by atoms with Crippen molar-refractivity contribution >= 4 is 17.3 Å². The zero-order chi connectivity index (χ0) is 18.6. The van der Waals surface area contributed by atoms with E-state index in [4.69, 9.17) is 0 Å². The number of benzene rings is 1. The molecule has 2 N–H and O–H groups in total. The third-order valence-electron chi connectivity index (χ3n) is 5.20. The molecule has 4 rings (SSSR count). The Balaban J connectivity index is 1.89. The van der Waals surface area contributed by atoms with E-state index in [1.165, 1.54) is 12.1 Å². The number of nitrogens with zero attached hydrogens (tertiary/aromatic N) is 2. The van der Waals surface area contributed by atoms with Gasteiger partial charge in [0.15, 0.2) is 11.6 Å². The summed E-state index contributed by atoms with van der Waals surface area (Å²) < 4.78 is 0. The predicted molar refractivity (Wildman–Crippen MR) is 96.9 cm³/mol. The van der Waals surface area contributed by atoms with Crippen LogP contribution in [0.5, 0.6) is 0 Å². The Morgan fingerprint density at radius 3 is 2.58 bits per heavy atom. The molecule has 0 spiro atoms. The minimum Gasteiger partial charge on any atom is -0.342 e. The second-order valence-electron chi connectivity index (χ2n) is 7.85. The maximum absolute atomic E-state index is 13.0. The fourth-order valence-corrected chi connectivity index (χ4v) is 4.08. The van der Waals surface area contributed by atoms with Crippen LogP contribution in [0, 0.1) is 22.5 Å². The first-order valence-electron chi connectivity index (χ1n) is 8.59. The van der Waals surface area contributed by atoms with Crippen LogP contribution in [0.15, 0.2) is 35.5 Å². The van der Waals surface area contributed by atoms with Gasteiger partial charge in [0, 0.05) is 47.0 Å². The van der Waals surface area contributed by atoms with Gasteiger partial charge in [-0.25, -0.2) is 0 Å². The monoisotopic (exact) mass is 352 g/mol. The van der Waals surface area contributed by atoms with Crippen molar-refractivity contribution in [3.63, 3.8) is 0 Å². The van der Waals surface area contributed by atoms with E-state index >= 15 is 0 Å². The van der Waals surface area contributed by atoms with Crippen LogP contribution in [0.4, 0.5) is 11.5 Å². The molecule has 0 radical (unpaired) electrons. The Morgan fingerprint density at radius 2 is 1.92 bits per heavy atom. The molecule has 0 amide bonds. The maximum Gasteiger partial charge on any atom is 0.269 e. The molecule has 1 aliphatic carbocycles. The Bertz CT molecular complexity index is 954. The van der Waals surface area contributed by atoms with Crippen LogP contribution < -0.4 is 5.32 Å². The molecule has 7 heteroatoms. The van der Waals surface area contributed by atoms with Crippen LogP contribution >= 0.6 is 0 Å². The zero-order valence-corrected chi connectivity index (χ0v) is 14.9. The topological polar surface area (TPSA) is 101 Å². The van der Waals surface area contributed by atoms with Gasteiger partial charge in [0.25, 0.3) is 5.69 Å². The number of ketones is 1. The largest absolute Gasteiger partial charge is 0.342 e. The highest BCUT2D eigenvalue weighted by molar-refractivity contribution is 6.01. The van der Waals surface area contributed by atoms with Crippen LogP contribution in [0.3, 0.4) is 0 Å². The van der Waals surface area contributed by atoms with Gasteiger partial charge in [-0.3, -0.25) is 20.0 Å². The van der Waals surface area contributed by atoms with E-state index in [1.807, 2.05) is 6.92 Å². The molecule has 7 nitrogen and oxygen atoms in total. The summed E-state index contributed by atoms with van der Waals surface area (Å²) in [5, 5.41) is 21.7. The molecule has 1 aromatic heterocycles. The number of carbonyl (C=O) groups is 1. The Labute approximate surface area is 150 Å². The van der Waals surface area contributed by atoms with Gasteiger partial charge >= 0.3 is 0 Å². The van der Waals surface area contributed by atoms with Gasteiger partial charge in [0.1, 0.15) is 0 Å². The highest BCUT2D eigenvalue weighted by Crippen LogP contribution is 2.49. The number of nitro benzene ring substituents is 1. The average molecular weight is 352 g/mol. The van der Waals surface area contributed by atoms with Gasteiger partial charge in [-0.15, -0.1) is 0 Å². The first-order chi connectivity index (χ1) is 12.3. The summed E-state index contributed by atoms with van der Waals surface area (Å²) in [5.41, 5.74) is 4.29. The van der Waals surface area contributed by atoms with E-state index in [-0.39, 0.29) is 22.8 Å². The smallest absolute Gasteiger partial charge is 0.269 e. The second-order valence-corrected chi connectivity index (χ2v) is 7.85. The molecule has 1 aromatic carbocycles. The lowest BCUT2D eigenvalue weighted by Gasteiger charge is -2.38. The molecule has 26 heavy (non-hydrogen) atoms. The van der Waals surface area contributed by atoms with Crippen molar-refractivity contribution in [2.75, 3.05) is 5.32 Å². The summed E-state index contributed by atoms with van der Waals surface area (Å²) in [5.74, 6) is 0.595. The minimum atomic E-state index is -0.417. The van der Waals surface area contributed by atoms with Crippen LogP contribution in [-0.4, -0.2) is 20.9 Å². The normalized spacial score (nSPS) is 21.0. The maximum atomic E-state index is 13.0. The first-order valence-corrected chi connectivity index (χ1v) is 8.59. The molecule has 0 bridgehead atoms. The SMILES string of the molecule is Cc1[nH]nc2c1C(c1ccc([N+](=O)[O-])cc1)C1=C(CC(C)(C)CC1=O)N2. The first kappa shape index (κ1) is 16.5. The van der Waals surface area contributed by atoms with Gasteiger partial charge in [-0.05, 0) is 24.3 Å². The lowest BCUT2D eigenvalue weighted by molar-refractivity contribution is -0.384. The number of hydrogen-bond acceptors (Lipinski definition) is 5. The van der Waals surface area contributed by atoms with Crippen molar-refractivity contribution < 1.29 is 9.72 Å². The fourth-order valence-electron chi connectivity index (χ4n) is 4.08. The molecule has 1 unspecified atom stereocenters. The van der Waals surface area contributed by atoms with E-state index in [9.17, 15) is 14.9 Å². The number of carbonyl (C=O) groups excluding carboxylic acids is 1. The number of anilines is 1. The highest BCUT2D eigenvalue weighted by atomic mass is 16.6. The van der Waals surface area contributed by atoms with Gasteiger partial charge in [0.2, 0.25) is 0 Å². The van der Waals surface area contributed by atoms with E-state index in [1.54, 1.807) is 12.1 Å². The number of nitrogens with one attached hydrogen (secondary N) is 2. The third kappa shape index (κ3) is 2.51. The molecule has 0 fully saturated rings. The number of aromatic nitrogens is 2. The zero-order valence-electron chi connectivity index (χ0n) is 14.9. The lowest BCUT2D eigenvalue weighted by Crippen LogP contribution is -2.33. The summed E-state index contributed by atoms with van der Waals surface area (Å²) in [7, 11) is 0. The summed E-state index contributed by atoms with van der Waals surface area (Å²) in [6, 6.07) is 6.46. The average Bonchev–Trinajstić information content (AvgIpc) is 2.93. The Morgan fingerprint density at radius 1 is 1.23 bits per heavy atom. The van der Waals surface area contributed by atoms with Gasteiger partial charge < -0.3 is 5.32 Å². The molecular weight excluding hydrogens is 332 g/mol. The van der Waals surface area contributed by atoms with E-state index < -0.39 is 4.92 Å². The van der Waals surface area contributed by atoms with Crippen LogP contribution in [0.1, 0.15) is 49.4 Å². The van der Waals surface area contributed by atoms with Crippen LogP contribution in [0.2, 0.25) is 0 Å². The molecule has 2 aliphatic rings. The Kier molecular flexibility index (Phi) is 3.50. The number of aromatic amines is 1. The van der Waals surface area contributed by atoms with Crippen LogP contribution in [0.25, 0.3) is 0 Å².